The largest absolute Gasteiger partial charge is 0.461 e. The van der Waals surface area contributed by atoms with E-state index in [1.165, 1.54) is 7.05 Å². The molecule has 0 saturated carbocycles. The second kappa shape index (κ2) is 7.14. The monoisotopic (exact) mass is 287 g/mol. The highest BCUT2D eigenvalue weighted by molar-refractivity contribution is 5.80. The Morgan fingerprint density at radius 3 is 2.52 bits per heavy atom. The molecule has 0 atom stereocenters. The maximum atomic E-state index is 11.5. The van der Waals surface area contributed by atoms with E-state index in [9.17, 15) is 9.59 Å². The van der Waals surface area contributed by atoms with Gasteiger partial charge in [-0.05, 0) is 12.1 Å². The minimum atomic E-state index is -0.465. The summed E-state index contributed by atoms with van der Waals surface area (Å²) in [5.74, 6) is 1.22. The number of carbonyl (C=O) groups is 2. The smallest absolute Gasteiger partial charge is 0.333 e. The molecule has 1 heterocycles. The third kappa shape index (κ3) is 4.38. The van der Waals surface area contributed by atoms with E-state index in [-0.39, 0.29) is 12.3 Å². The summed E-state index contributed by atoms with van der Waals surface area (Å²) in [4.78, 5) is 22.4. The first kappa shape index (κ1) is 14.6. The Morgan fingerprint density at radius 2 is 1.81 bits per heavy atom. The van der Waals surface area contributed by atoms with E-state index in [2.05, 4.69) is 16.2 Å². The molecule has 0 saturated heterocycles. The summed E-state index contributed by atoms with van der Waals surface area (Å²) in [7, 11) is 1.47. The van der Waals surface area contributed by atoms with Gasteiger partial charge in [0.25, 0.3) is 0 Å². The fourth-order valence-corrected chi connectivity index (χ4v) is 1.76. The van der Waals surface area contributed by atoms with Crippen LogP contribution in [0.1, 0.15) is 12.2 Å². The van der Waals surface area contributed by atoms with E-state index < -0.39 is 6.03 Å². The number of amides is 3. The number of urea groups is 1. The highest BCUT2D eigenvalue weighted by Gasteiger charge is 2.07. The van der Waals surface area contributed by atoms with E-state index in [1.807, 2.05) is 42.5 Å². The summed E-state index contributed by atoms with van der Waals surface area (Å²) >= 11 is 0. The van der Waals surface area contributed by atoms with Crippen LogP contribution in [0.3, 0.4) is 0 Å². The molecule has 1 aromatic carbocycles. The standard InChI is InChI=1S/C15H17N3O3/c1-16-15(20)18-17-14(19)10-8-12-7-9-13(21-12)11-5-3-2-4-6-11/h2-7,9H,8,10H2,1H3,(H,17,19)(H2,16,18,20). The number of rotatable bonds is 4. The van der Waals surface area contributed by atoms with Gasteiger partial charge in [-0.1, -0.05) is 30.3 Å². The number of carbonyl (C=O) groups excluding carboxylic acids is 2. The van der Waals surface area contributed by atoms with Crippen LogP contribution in [0.4, 0.5) is 4.79 Å². The quantitative estimate of drug-likeness (QED) is 0.750. The van der Waals surface area contributed by atoms with Crippen LogP contribution >= 0.6 is 0 Å². The van der Waals surface area contributed by atoms with Crippen LogP contribution in [0.25, 0.3) is 11.3 Å². The zero-order chi connectivity index (χ0) is 15.1. The molecule has 3 N–H and O–H groups in total. The third-order valence-corrected chi connectivity index (χ3v) is 2.86. The molecular weight excluding hydrogens is 270 g/mol. The van der Waals surface area contributed by atoms with Crippen molar-refractivity contribution < 1.29 is 14.0 Å². The second-order valence-corrected chi connectivity index (χ2v) is 4.38. The molecule has 0 radical (unpaired) electrons. The minimum absolute atomic E-state index is 0.228. The molecule has 2 aromatic rings. The topological polar surface area (TPSA) is 83.4 Å². The van der Waals surface area contributed by atoms with Crippen molar-refractivity contribution >= 4 is 11.9 Å². The molecule has 0 unspecified atom stereocenters. The highest BCUT2D eigenvalue weighted by atomic mass is 16.3. The first-order valence-corrected chi connectivity index (χ1v) is 6.59. The van der Waals surface area contributed by atoms with E-state index in [0.717, 1.165) is 17.1 Å². The molecule has 6 nitrogen and oxygen atoms in total. The van der Waals surface area contributed by atoms with Gasteiger partial charge in [0.15, 0.2) is 0 Å². The number of hydrogen-bond donors (Lipinski definition) is 3. The fraction of sp³-hybridized carbons (Fsp3) is 0.200. The molecule has 0 aliphatic carbocycles. The van der Waals surface area contributed by atoms with Gasteiger partial charge in [-0.15, -0.1) is 0 Å². The Balaban J connectivity index is 1.83. The maximum Gasteiger partial charge on any atom is 0.333 e. The van der Waals surface area contributed by atoms with Gasteiger partial charge in [-0.25, -0.2) is 10.2 Å². The second-order valence-electron chi connectivity index (χ2n) is 4.38. The van der Waals surface area contributed by atoms with Gasteiger partial charge in [0.1, 0.15) is 11.5 Å². The van der Waals surface area contributed by atoms with E-state index >= 15 is 0 Å². The zero-order valence-electron chi connectivity index (χ0n) is 11.7. The van der Waals surface area contributed by atoms with Crippen LogP contribution in [-0.2, 0) is 11.2 Å². The van der Waals surface area contributed by atoms with E-state index in [4.69, 9.17) is 4.42 Å². The zero-order valence-corrected chi connectivity index (χ0v) is 11.7. The summed E-state index contributed by atoms with van der Waals surface area (Å²) < 4.78 is 5.69. The average molecular weight is 287 g/mol. The fourth-order valence-electron chi connectivity index (χ4n) is 1.76. The van der Waals surface area contributed by atoms with Crippen molar-refractivity contribution in [2.24, 2.45) is 0 Å². The Bertz CT molecular complexity index is 608. The molecule has 0 bridgehead atoms. The molecule has 0 aliphatic heterocycles. The lowest BCUT2D eigenvalue weighted by Crippen LogP contribution is -2.45. The van der Waals surface area contributed by atoms with Crippen LogP contribution in [-0.4, -0.2) is 19.0 Å². The van der Waals surface area contributed by atoms with Crippen molar-refractivity contribution in [1.29, 1.82) is 0 Å². The molecular formula is C15H17N3O3. The van der Waals surface area contributed by atoms with Gasteiger partial charge < -0.3 is 9.73 Å². The van der Waals surface area contributed by atoms with Gasteiger partial charge >= 0.3 is 6.03 Å². The molecule has 0 fully saturated rings. The molecule has 1 aromatic heterocycles. The van der Waals surface area contributed by atoms with Crippen LogP contribution < -0.4 is 16.2 Å². The number of benzene rings is 1. The molecule has 21 heavy (non-hydrogen) atoms. The molecule has 0 spiro atoms. The third-order valence-electron chi connectivity index (χ3n) is 2.86. The predicted molar refractivity (Wildman–Crippen MR) is 78.2 cm³/mol. The summed E-state index contributed by atoms with van der Waals surface area (Å²) in [6, 6.07) is 13.0. The Hall–Kier alpha value is -2.76. The Kier molecular flexibility index (Phi) is 4.98. The normalized spacial score (nSPS) is 9.95. The van der Waals surface area contributed by atoms with Crippen molar-refractivity contribution in [1.82, 2.24) is 16.2 Å². The highest BCUT2D eigenvalue weighted by Crippen LogP contribution is 2.22. The van der Waals surface area contributed by atoms with Crippen LogP contribution in [0.15, 0.2) is 46.9 Å². The molecule has 6 heteroatoms. The van der Waals surface area contributed by atoms with Gasteiger partial charge in [0, 0.05) is 25.5 Å². The van der Waals surface area contributed by atoms with Crippen molar-refractivity contribution in [2.75, 3.05) is 7.05 Å². The number of furan rings is 1. The average Bonchev–Trinajstić information content (AvgIpc) is 3.00. The van der Waals surface area contributed by atoms with Crippen LogP contribution in [0.2, 0.25) is 0 Å². The SMILES string of the molecule is CNC(=O)NNC(=O)CCc1ccc(-c2ccccc2)o1. The van der Waals surface area contributed by atoms with Gasteiger partial charge in [0.05, 0.1) is 0 Å². The lowest BCUT2D eigenvalue weighted by molar-refractivity contribution is -0.121. The van der Waals surface area contributed by atoms with E-state index in [1.54, 1.807) is 0 Å². The van der Waals surface area contributed by atoms with Gasteiger partial charge in [-0.2, -0.15) is 0 Å². The van der Waals surface area contributed by atoms with Crippen LogP contribution in [0, 0.1) is 0 Å². The molecule has 110 valence electrons. The number of hydrogen-bond acceptors (Lipinski definition) is 3. The Morgan fingerprint density at radius 1 is 1.05 bits per heavy atom. The first-order valence-electron chi connectivity index (χ1n) is 6.59. The summed E-state index contributed by atoms with van der Waals surface area (Å²) in [5, 5.41) is 2.33. The number of nitrogens with one attached hydrogen (secondary N) is 3. The maximum absolute atomic E-state index is 11.5. The predicted octanol–water partition coefficient (Wildman–Crippen LogP) is 1.84. The molecule has 3 amide bonds. The minimum Gasteiger partial charge on any atom is -0.461 e. The lowest BCUT2D eigenvalue weighted by atomic mass is 10.2. The Labute approximate surface area is 122 Å². The van der Waals surface area contributed by atoms with Gasteiger partial charge in [-0.3, -0.25) is 10.2 Å². The summed E-state index contributed by atoms with van der Waals surface area (Å²) in [5.41, 5.74) is 5.51. The lowest BCUT2D eigenvalue weighted by Gasteiger charge is -2.05. The van der Waals surface area contributed by atoms with E-state index in [0.29, 0.717) is 6.42 Å². The first-order chi connectivity index (χ1) is 10.2. The summed E-state index contributed by atoms with van der Waals surface area (Å²) in [6.07, 6.45) is 0.694. The van der Waals surface area contributed by atoms with Crippen molar-refractivity contribution in [3.8, 4) is 11.3 Å². The summed E-state index contributed by atoms with van der Waals surface area (Å²) in [6.45, 7) is 0. The number of aryl methyl sites for hydroxylation is 1. The van der Waals surface area contributed by atoms with Gasteiger partial charge in [0.2, 0.25) is 5.91 Å². The van der Waals surface area contributed by atoms with Crippen molar-refractivity contribution in [3.05, 3.63) is 48.2 Å². The van der Waals surface area contributed by atoms with Crippen molar-refractivity contribution in [2.45, 2.75) is 12.8 Å². The molecule has 0 aliphatic rings. The number of hydrazine groups is 1. The van der Waals surface area contributed by atoms with Crippen molar-refractivity contribution in [3.63, 3.8) is 0 Å². The molecule has 2 rings (SSSR count). The van der Waals surface area contributed by atoms with Crippen LogP contribution in [0.5, 0.6) is 0 Å².